The molecule has 1 saturated heterocycles. The third-order valence-corrected chi connectivity index (χ3v) is 8.37. The van der Waals surface area contributed by atoms with Crippen LogP contribution in [-0.2, 0) is 9.84 Å². The number of Topliss-reactive ketones (excluding diaryl/α,β-unsaturated/α-hetero) is 1. The number of sulfone groups is 1. The average molecular weight is 529 g/mol. The minimum atomic E-state index is -3.02. The molecule has 1 aliphatic rings. The molecule has 1 fully saturated rings. The molecule has 5 rings (SSSR count). The number of aromatic nitrogens is 3. The number of carbonyl (C=O) groups is 1. The van der Waals surface area contributed by atoms with Crippen LogP contribution < -0.4 is 0 Å². The molecule has 10 heteroatoms. The van der Waals surface area contributed by atoms with Crippen LogP contribution in [0, 0.1) is 6.92 Å². The number of ketones is 1. The summed E-state index contributed by atoms with van der Waals surface area (Å²) in [4.78, 5) is 19.9. The molecule has 0 radical (unpaired) electrons. The molecule has 3 heterocycles. The van der Waals surface area contributed by atoms with Crippen LogP contribution in [0.25, 0.3) is 28.0 Å². The molecule has 2 aromatic carbocycles. The molecular formula is C25H22Cl2N4O3S. The first-order chi connectivity index (χ1) is 16.7. The minimum absolute atomic E-state index is 0.0637. The Morgan fingerprint density at radius 2 is 1.69 bits per heavy atom. The molecule has 0 aliphatic carbocycles. The summed E-state index contributed by atoms with van der Waals surface area (Å²) in [7, 11) is -3.02. The molecular weight excluding hydrogens is 507 g/mol. The van der Waals surface area contributed by atoms with Gasteiger partial charge in [-0.2, -0.15) is 5.10 Å². The number of halogens is 2. The third-order valence-electron chi connectivity index (χ3n) is 6.18. The number of aryl methyl sites for hydroxylation is 1. The van der Waals surface area contributed by atoms with Gasteiger partial charge >= 0.3 is 0 Å². The zero-order valence-corrected chi connectivity index (χ0v) is 21.2. The van der Waals surface area contributed by atoms with E-state index in [1.165, 1.54) is 0 Å². The van der Waals surface area contributed by atoms with Crippen molar-refractivity contribution in [3.8, 4) is 22.4 Å². The van der Waals surface area contributed by atoms with Gasteiger partial charge in [-0.1, -0.05) is 53.5 Å². The van der Waals surface area contributed by atoms with E-state index in [1.807, 2.05) is 41.3 Å². The highest BCUT2D eigenvalue weighted by Gasteiger charge is 2.27. The molecule has 35 heavy (non-hydrogen) atoms. The Labute approximate surface area is 213 Å². The van der Waals surface area contributed by atoms with Gasteiger partial charge in [0, 0.05) is 46.0 Å². The molecule has 2 aromatic heterocycles. The van der Waals surface area contributed by atoms with E-state index in [0.717, 1.165) is 22.4 Å². The smallest absolute Gasteiger partial charge is 0.182 e. The van der Waals surface area contributed by atoms with Gasteiger partial charge in [0.15, 0.2) is 21.3 Å². The standard InChI is InChI=1S/C25H22Cl2N4O3S/c1-16-23(22(32)15-30-10-12-35(33,34)13-11-30)25-28-14-20(19-4-2-3-5-21(19)27)24(31(25)29-16)17-6-8-18(26)9-7-17/h2-9,14H,10-13,15H2,1H3. The number of hydrogen-bond donors (Lipinski definition) is 0. The lowest BCUT2D eigenvalue weighted by atomic mass is 10.0. The number of nitrogens with zero attached hydrogens (tertiary/aromatic N) is 4. The maximum absolute atomic E-state index is 13.3. The summed E-state index contributed by atoms with van der Waals surface area (Å²) >= 11 is 12.7. The van der Waals surface area contributed by atoms with Crippen molar-refractivity contribution in [3.05, 3.63) is 76.0 Å². The number of hydrogen-bond acceptors (Lipinski definition) is 6. The van der Waals surface area contributed by atoms with Crippen molar-refractivity contribution in [1.29, 1.82) is 0 Å². The number of benzene rings is 2. The first kappa shape index (κ1) is 23.9. The van der Waals surface area contributed by atoms with Gasteiger partial charge in [0.05, 0.1) is 35.0 Å². The Hall–Kier alpha value is -2.78. The van der Waals surface area contributed by atoms with E-state index in [-0.39, 0.29) is 23.8 Å². The van der Waals surface area contributed by atoms with Gasteiger partial charge in [-0.25, -0.2) is 17.9 Å². The number of rotatable bonds is 5. The van der Waals surface area contributed by atoms with Crippen molar-refractivity contribution in [2.24, 2.45) is 0 Å². The van der Waals surface area contributed by atoms with E-state index in [1.54, 1.807) is 29.8 Å². The zero-order valence-electron chi connectivity index (χ0n) is 18.9. The Bertz CT molecular complexity index is 1540. The van der Waals surface area contributed by atoms with E-state index < -0.39 is 9.84 Å². The average Bonchev–Trinajstić information content (AvgIpc) is 3.17. The van der Waals surface area contributed by atoms with Gasteiger partial charge < -0.3 is 0 Å². The second-order valence-electron chi connectivity index (χ2n) is 8.55. The van der Waals surface area contributed by atoms with Crippen molar-refractivity contribution < 1.29 is 13.2 Å². The van der Waals surface area contributed by atoms with Crippen LogP contribution in [0.4, 0.5) is 0 Å². The second-order valence-corrected chi connectivity index (χ2v) is 11.7. The van der Waals surface area contributed by atoms with Crippen LogP contribution in [0.5, 0.6) is 0 Å². The predicted molar refractivity (Wildman–Crippen MR) is 138 cm³/mol. The summed E-state index contributed by atoms with van der Waals surface area (Å²) in [6.45, 7) is 2.57. The van der Waals surface area contributed by atoms with Crippen molar-refractivity contribution in [2.45, 2.75) is 6.92 Å². The highest BCUT2D eigenvalue weighted by molar-refractivity contribution is 7.91. The van der Waals surface area contributed by atoms with Crippen LogP contribution in [0.1, 0.15) is 16.1 Å². The highest BCUT2D eigenvalue weighted by Crippen LogP contribution is 2.37. The van der Waals surface area contributed by atoms with Gasteiger partial charge in [0.2, 0.25) is 0 Å². The maximum atomic E-state index is 13.3. The molecule has 0 bridgehead atoms. The van der Waals surface area contributed by atoms with Crippen LogP contribution in [0.3, 0.4) is 0 Å². The lowest BCUT2D eigenvalue weighted by Crippen LogP contribution is -2.42. The van der Waals surface area contributed by atoms with Gasteiger partial charge in [-0.15, -0.1) is 0 Å². The van der Waals surface area contributed by atoms with Crippen molar-refractivity contribution >= 4 is 44.5 Å². The summed E-state index contributed by atoms with van der Waals surface area (Å²) in [5, 5.41) is 5.89. The Balaban J connectivity index is 1.63. The molecule has 0 saturated carbocycles. The topological polar surface area (TPSA) is 84.6 Å². The highest BCUT2D eigenvalue weighted by atomic mass is 35.5. The van der Waals surface area contributed by atoms with Crippen molar-refractivity contribution in [3.63, 3.8) is 0 Å². The molecule has 0 atom stereocenters. The molecule has 7 nitrogen and oxygen atoms in total. The van der Waals surface area contributed by atoms with Gasteiger partial charge in [-0.3, -0.25) is 9.69 Å². The molecule has 180 valence electrons. The lowest BCUT2D eigenvalue weighted by Gasteiger charge is -2.25. The van der Waals surface area contributed by atoms with E-state index in [9.17, 15) is 13.2 Å². The van der Waals surface area contributed by atoms with Crippen LogP contribution >= 0.6 is 23.2 Å². The van der Waals surface area contributed by atoms with Crippen LogP contribution in [0.15, 0.2) is 54.7 Å². The number of fused-ring (bicyclic) bond motifs is 1. The normalized spacial score (nSPS) is 16.0. The van der Waals surface area contributed by atoms with E-state index >= 15 is 0 Å². The zero-order chi connectivity index (χ0) is 24.7. The minimum Gasteiger partial charge on any atom is -0.294 e. The van der Waals surface area contributed by atoms with Gasteiger partial charge in [0.25, 0.3) is 0 Å². The second kappa shape index (κ2) is 9.35. The van der Waals surface area contributed by atoms with Crippen molar-refractivity contribution in [2.75, 3.05) is 31.1 Å². The van der Waals surface area contributed by atoms with E-state index in [0.29, 0.717) is 40.0 Å². The Morgan fingerprint density at radius 1 is 1.00 bits per heavy atom. The number of carbonyl (C=O) groups excluding carboxylic acids is 1. The van der Waals surface area contributed by atoms with Gasteiger partial charge in [0.1, 0.15) is 0 Å². The van der Waals surface area contributed by atoms with Gasteiger partial charge in [-0.05, 0) is 25.1 Å². The molecule has 0 unspecified atom stereocenters. The van der Waals surface area contributed by atoms with E-state index in [4.69, 9.17) is 28.3 Å². The molecule has 0 spiro atoms. The van der Waals surface area contributed by atoms with Crippen LogP contribution in [-0.4, -0.2) is 64.8 Å². The summed E-state index contributed by atoms with van der Waals surface area (Å²) in [5.41, 5.74) is 4.58. The van der Waals surface area contributed by atoms with E-state index in [2.05, 4.69) is 4.98 Å². The summed E-state index contributed by atoms with van der Waals surface area (Å²) in [5.74, 6) is -0.0145. The maximum Gasteiger partial charge on any atom is 0.182 e. The summed E-state index contributed by atoms with van der Waals surface area (Å²) in [6.07, 6.45) is 1.71. The molecule has 4 aromatic rings. The summed E-state index contributed by atoms with van der Waals surface area (Å²) in [6, 6.07) is 14.9. The summed E-state index contributed by atoms with van der Waals surface area (Å²) < 4.78 is 25.2. The third kappa shape index (κ3) is 4.71. The predicted octanol–water partition coefficient (Wildman–Crippen LogP) is 4.59. The largest absolute Gasteiger partial charge is 0.294 e. The lowest BCUT2D eigenvalue weighted by molar-refractivity contribution is 0.0936. The Morgan fingerprint density at radius 3 is 2.37 bits per heavy atom. The Kier molecular flexibility index (Phi) is 6.40. The molecule has 0 N–H and O–H groups in total. The first-order valence-electron chi connectivity index (χ1n) is 11.1. The fourth-order valence-corrected chi connectivity index (χ4v) is 6.01. The fraction of sp³-hybridized carbons (Fsp3) is 0.240. The van der Waals surface area contributed by atoms with Crippen molar-refractivity contribution in [1.82, 2.24) is 19.5 Å². The quantitative estimate of drug-likeness (QED) is 0.352. The molecule has 0 amide bonds. The SMILES string of the molecule is Cc1nn2c(-c3ccc(Cl)cc3)c(-c3ccccc3Cl)cnc2c1C(=O)CN1CCS(=O)(=O)CC1. The molecule has 1 aliphatic heterocycles. The fourth-order valence-electron chi connectivity index (χ4n) is 4.37. The first-order valence-corrected chi connectivity index (χ1v) is 13.7. The monoisotopic (exact) mass is 528 g/mol. The van der Waals surface area contributed by atoms with Crippen LogP contribution in [0.2, 0.25) is 10.0 Å².